The van der Waals surface area contributed by atoms with E-state index in [1.165, 1.54) is 16.7 Å². The Morgan fingerprint density at radius 1 is 1.29 bits per heavy atom. The van der Waals surface area contributed by atoms with Gasteiger partial charge in [0.2, 0.25) is 5.91 Å². The first-order valence-corrected chi connectivity index (χ1v) is 7.81. The Balaban J connectivity index is 1.93. The molecule has 1 aromatic carbocycles. The molecule has 4 heteroatoms. The summed E-state index contributed by atoms with van der Waals surface area (Å²) in [4.78, 5) is 17.0. The third-order valence-electron chi connectivity index (χ3n) is 4.79. The average molecular weight is 287 g/mol. The molecule has 0 bridgehead atoms. The minimum atomic E-state index is -0.0957. The van der Waals surface area contributed by atoms with Gasteiger partial charge in [-0.25, -0.2) is 0 Å². The molecule has 2 aliphatic rings. The summed E-state index contributed by atoms with van der Waals surface area (Å²) in [7, 11) is 2.13. The van der Waals surface area contributed by atoms with Crippen LogP contribution in [0.1, 0.15) is 36.2 Å². The molecular weight excluding hydrogens is 262 g/mol. The molecular formula is C17H25N3O. The van der Waals surface area contributed by atoms with Crippen molar-refractivity contribution in [3.8, 4) is 0 Å². The maximum Gasteiger partial charge on any atom is 0.241 e. The first-order valence-electron chi connectivity index (χ1n) is 7.81. The smallest absolute Gasteiger partial charge is 0.241 e. The van der Waals surface area contributed by atoms with Gasteiger partial charge in [0.05, 0.1) is 6.04 Å². The van der Waals surface area contributed by atoms with Gasteiger partial charge in [-0.3, -0.25) is 10.1 Å². The Labute approximate surface area is 127 Å². The van der Waals surface area contributed by atoms with Crippen LogP contribution in [-0.4, -0.2) is 47.9 Å². The van der Waals surface area contributed by atoms with Crippen molar-refractivity contribution in [2.45, 2.75) is 45.4 Å². The zero-order valence-corrected chi connectivity index (χ0v) is 13.4. The third-order valence-corrected chi connectivity index (χ3v) is 4.79. The molecule has 21 heavy (non-hydrogen) atoms. The van der Waals surface area contributed by atoms with Crippen molar-refractivity contribution >= 4 is 5.91 Å². The molecule has 0 saturated carbocycles. The highest BCUT2D eigenvalue weighted by Crippen LogP contribution is 2.32. The lowest BCUT2D eigenvalue weighted by Gasteiger charge is -2.31. The summed E-state index contributed by atoms with van der Waals surface area (Å²) < 4.78 is 0. The van der Waals surface area contributed by atoms with E-state index in [9.17, 15) is 4.79 Å². The summed E-state index contributed by atoms with van der Waals surface area (Å²) in [6, 6.07) is 6.73. The second-order valence-electron chi connectivity index (χ2n) is 6.60. The van der Waals surface area contributed by atoms with E-state index in [4.69, 9.17) is 0 Å². The molecule has 2 heterocycles. The van der Waals surface area contributed by atoms with Gasteiger partial charge in [0.25, 0.3) is 0 Å². The minimum Gasteiger partial charge on any atom is -0.317 e. The Bertz CT molecular complexity index is 557. The van der Waals surface area contributed by atoms with Gasteiger partial charge in [0, 0.05) is 12.6 Å². The first-order chi connectivity index (χ1) is 9.97. The van der Waals surface area contributed by atoms with Crippen molar-refractivity contribution in [1.29, 1.82) is 0 Å². The van der Waals surface area contributed by atoms with Gasteiger partial charge >= 0.3 is 0 Å². The maximum absolute atomic E-state index is 12.6. The summed E-state index contributed by atoms with van der Waals surface area (Å²) in [5.41, 5.74) is 3.75. The number of likely N-dealkylation sites (tertiary alicyclic amines) is 1. The highest BCUT2D eigenvalue weighted by Gasteiger charge is 2.43. The lowest BCUT2D eigenvalue weighted by atomic mass is 10.0. The third kappa shape index (κ3) is 2.58. The molecule has 0 aliphatic carbocycles. The van der Waals surface area contributed by atoms with Crippen molar-refractivity contribution in [1.82, 2.24) is 15.1 Å². The van der Waals surface area contributed by atoms with E-state index < -0.39 is 0 Å². The number of carbonyl (C=O) groups excluding carboxylic acids is 1. The first kappa shape index (κ1) is 14.5. The number of aryl methyl sites for hydroxylation is 2. The van der Waals surface area contributed by atoms with Crippen molar-refractivity contribution in [2.24, 2.45) is 0 Å². The average Bonchev–Trinajstić information content (AvgIpc) is 2.95. The Kier molecular flexibility index (Phi) is 3.76. The molecule has 1 amide bonds. The van der Waals surface area contributed by atoms with Crippen LogP contribution in [0.25, 0.3) is 0 Å². The highest BCUT2D eigenvalue weighted by atomic mass is 16.2. The topological polar surface area (TPSA) is 35.6 Å². The summed E-state index contributed by atoms with van der Waals surface area (Å²) in [5.74, 6) is 0.236. The predicted octanol–water partition coefficient (Wildman–Crippen LogP) is 1.83. The van der Waals surface area contributed by atoms with E-state index >= 15 is 0 Å². The fourth-order valence-corrected chi connectivity index (χ4v) is 3.64. The summed E-state index contributed by atoms with van der Waals surface area (Å²) in [5, 5.41) is 3.48. The zero-order chi connectivity index (χ0) is 15.1. The molecule has 114 valence electrons. The Morgan fingerprint density at radius 2 is 2.05 bits per heavy atom. The van der Waals surface area contributed by atoms with Gasteiger partial charge in [0.1, 0.15) is 6.17 Å². The predicted molar refractivity (Wildman–Crippen MR) is 84.0 cm³/mol. The SMILES string of the molecule is Cc1ccc(C2NC(C)C(=O)N2C2CCN(C)C2)c(C)c1. The number of hydrogen-bond donors (Lipinski definition) is 1. The molecule has 2 saturated heterocycles. The van der Waals surface area contributed by atoms with Crippen LogP contribution in [0, 0.1) is 13.8 Å². The van der Waals surface area contributed by atoms with E-state index in [0.29, 0.717) is 6.04 Å². The van der Waals surface area contributed by atoms with Crippen LogP contribution in [0.3, 0.4) is 0 Å². The zero-order valence-electron chi connectivity index (χ0n) is 13.4. The highest BCUT2D eigenvalue weighted by molar-refractivity contribution is 5.84. The molecule has 3 atom stereocenters. The van der Waals surface area contributed by atoms with Crippen LogP contribution >= 0.6 is 0 Å². The number of amides is 1. The number of rotatable bonds is 2. The van der Waals surface area contributed by atoms with Crippen LogP contribution in [0.4, 0.5) is 0 Å². The minimum absolute atomic E-state index is 0.0181. The van der Waals surface area contributed by atoms with E-state index in [-0.39, 0.29) is 18.1 Å². The molecule has 0 radical (unpaired) electrons. The molecule has 2 aliphatic heterocycles. The van der Waals surface area contributed by atoms with Crippen LogP contribution < -0.4 is 5.32 Å². The number of benzene rings is 1. The molecule has 3 rings (SSSR count). The summed E-state index contributed by atoms with van der Waals surface area (Å²) in [6.45, 7) is 8.26. The lowest BCUT2D eigenvalue weighted by Crippen LogP contribution is -2.41. The van der Waals surface area contributed by atoms with Crippen molar-refractivity contribution in [3.05, 3.63) is 34.9 Å². The molecule has 1 aromatic rings. The van der Waals surface area contributed by atoms with Gasteiger partial charge in [-0.1, -0.05) is 23.8 Å². The molecule has 0 spiro atoms. The molecule has 0 aromatic heterocycles. The standard InChI is InChI=1S/C17H25N3O/c1-11-5-6-15(12(2)9-11)16-18-13(3)17(21)20(16)14-7-8-19(4)10-14/h5-6,9,13-14,16,18H,7-8,10H2,1-4H3. The number of nitrogens with zero attached hydrogens (tertiary/aromatic N) is 2. The van der Waals surface area contributed by atoms with Gasteiger partial charge in [-0.2, -0.15) is 0 Å². The van der Waals surface area contributed by atoms with Gasteiger partial charge in [-0.15, -0.1) is 0 Å². The molecule has 3 unspecified atom stereocenters. The Morgan fingerprint density at radius 3 is 2.67 bits per heavy atom. The maximum atomic E-state index is 12.6. The second kappa shape index (κ2) is 5.43. The van der Waals surface area contributed by atoms with Gasteiger partial charge in [0.15, 0.2) is 0 Å². The quantitative estimate of drug-likeness (QED) is 0.901. The van der Waals surface area contributed by atoms with E-state index in [1.54, 1.807) is 0 Å². The number of carbonyl (C=O) groups is 1. The van der Waals surface area contributed by atoms with Crippen molar-refractivity contribution in [3.63, 3.8) is 0 Å². The lowest BCUT2D eigenvalue weighted by molar-refractivity contribution is -0.131. The fourth-order valence-electron chi connectivity index (χ4n) is 3.64. The summed E-state index contributed by atoms with van der Waals surface area (Å²) >= 11 is 0. The van der Waals surface area contributed by atoms with Crippen LogP contribution in [-0.2, 0) is 4.79 Å². The fraction of sp³-hybridized carbons (Fsp3) is 0.588. The molecule has 2 fully saturated rings. The Hall–Kier alpha value is -1.39. The normalized spacial score (nSPS) is 30.4. The number of likely N-dealkylation sites (N-methyl/N-ethyl adjacent to an activating group) is 1. The van der Waals surface area contributed by atoms with Crippen LogP contribution in [0.15, 0.2) is 18.2 Å². The largest absolute Gasteiger partial charge is 0.317 e. The van der Waals surface area contributed by atoms with E-state index in [2.05, 4.69) is 54.2 Å². The number of nitrogens with one attached hydrogen (secondary N) is 1. The van der Waals surface area contributed by atoms with Gasteiger partial charge in [-0.05, 0) is 51.9 Å². The van der Waals surface area contributed by atoms with Crippen molar-refractivity contribution in [2.75, 3.05) is 20.1 Å². The second-order valence-corrected chi connectivity index (χ2v) is 6.60. The van der Waals surface area contributed by atoms with Crippen LogP contribution in [0.5, 0.6) is 0 Å². The molecule has 1 N–H and O–H groups in total. The van der Waals surface area contributed by atoms with Crippen LogP contribution in [0.2, 0.25) is 0 Å². The number of hydrogen-bond acceptors (Lipinski definition) is 3. The molecule has 4 nitrogen and oxygen atoms in total. The summed E-state index contributed by atoms with van der Waals surface area (Å²) in [6.07, 6.45) is 1.09. The van der Waals surface area contributed by atoms with E-state index in [0.717, 1.165) is 19.5 Å². The van der Waals surface area contributed by atoms with Crippen molar-refractivity contribution < 1.29 is 4.79 Å². The monoisotopic (exact) mass is 287 g/mol. The van der Waals surface area contributed by atoms with E-state index in [1.807, 2.05) is 6.92 Å². The van der Waals surface area contributed by atoms with Gasteiger partial charge < -0.3 is 9.80 Å².